The van der Waals surface area contributed by atoms with Crippen LogP contribution < -0.4 is 10.5 Å². The van der Waals surface area contributed by atoms with Crippen LogP contribution in [0.1, 0.15) is 13.3 Å². The maximum absolute atomic E-state index is 13.2. The lowest BCUT2D eigenvalue weighted by Gasteiger charge is -2.15. The van der Waals surface area contributed by atoms with E-state index in [0.717, 1.165) is 6.07 Å². The van der Waals surface area contributed by atoms with Crippen molar-refractivity contribution in [1.29, 1.82) is 0 Å². The third-order valence-corrected chi connectivity index (χ3v) is 2.28. The monoisotopic (exact) mass is 245 g/mol. The van der Waals surface area contributed by atoms with Gasteiger partial charge < -0.3 is 15.2 Å². The normalized spacial score (nSPS) is 12.5. The lowest BCUT2D eigenvalue weighted by molar-refractivity contribution is 0.0522. The molecular formula is C12H17F2NO2. The first-order valence-electron chi connectivity index (χ1n) is 5.57. The molecule has 0 radical (unpaired) electrons. The SMILES string of the molecule is CCOC(CN)CCOc1cccc(F)c1F. The highest BCUT2D eigenvalue weighted by molar-refractivity contribution is 5.24. The maximum Gasteiger partial charge on any atom is 0.200 e. The molecule has 1 atom stereocenters. The van der Waals surface area contributed by atoms with Crippen molar-refractivity contribution in [2.45, 2.75) is 19.4 Å². The van der Waals surface area contributed by atoms with E-state index in [1.807, 2.05) is 6.92 Å². The smallest absolute Gasteiger partial charge is 0.200 e. The molecule has 0 amide bonds. The van der Waals surface area contributed by atoms with Crippen LogP contribution in [0.5, 0.6) is 5.75 Å². The first-order chi connectivity index (χ1) is 8.19. The molecular weight excluding hydrogens is 228 g/mol. The number of benzene rings is 1. The second-order valence-electron chi connectivity index (χ2n) is 3.50. The number of rotatable bonds is 7. The fraction of sp³-hybridized carbons (Fsp3) is 0.500. The van der Waals surface area contributed by atoms with Crippen molar-refractivity contribution in [3.63, 3.8) is 0 Å². The van der Waals surface area contributed by atoms with Gasteiger partial charge >= 0.3 is 0 Å². The third kappa shape index (κ3) is 4.28. The zero-order valence-corrected chi connectivity index (χ0v) is 9.79. The lowest BCUT2D eigenvalue weighted by atomic mass is 10.2. The largest absolute Gasteiger partial charge is 0.490 e. The number of halogens is 2. The van der Waals surface area contributed by atoms with Gasteiger partial charge in [-0.05, 0) is 19.1 Å². The molecule has 1 aromatic rings. The number of hydrogen-bond acceptors (Lipinski definition) is 3. The summed E-state index contributed by atoms with van der Waals surface area (Å²) in [5.74, 6) is -1.96. The Balaban J connectivity index is 2.42. The zero-order chi connectivity index (χ0) is 12.7. The Labute approximate surface area is 99.5 Å². The Bertz CT molecular complexity index is 347. The minimum absolute atomic E-state index is 0.0859. The number of nitrogens with two attached hydrogens (primary N) is 1. The summed E-state index contributed by atoms with van der Waals surface area (Å²) < 4.78 is 36.5. The van der Waals surface area contributed by atoms with E-state index >= 15 is 0 Å². The molecule has 0 aliphatic heterocycles. The van der Waals surface area contributed by atoms with E-state index in [1.165, 1.54) is 12.1 Å². The highest BCUT2D eigenvalue weighted by Gasteiger charge is 2.10. The molecule has 2 N–H and O–H groups in total. The summed E-state index contributed by atoms with van der Waals surface area (Å²) in [6, 6.07) is 3.83. The van der Waals surface area contributed by atoms with E-state index < -0.39 is 11.6 Å². The van der Waals surface area contributed by atoms with Crippen LogP contribution in [0.15, 0.2) is 18.2 Å². The molecule has 0 aliphatic carbocycles. The lowest BCUT2D eigenvalue weighted by Crippen LogP contribution is -2.25. The predicted molar refractivity (Wildman–Crippen MR) is 60.9 cm³/mol. The van der Waals surface area contributed by atoms with Gasteiger partial charge in [-0.25, -0.2) is 4.39 Å². The summed E-state index contributed by atoms with van der Waals surface area (Å²) in [5.41, 5.74) is 5.48. The fourth-order valence-corrected chi connectivity index (χ4v) is 1.40. The standard InChI is InChI=1S/C12H17F2NO2/c1-2-16-9(8-15)6-7-17-11-5-3-4-10(13)12(11)14/h3-5,9H,2,6-8,15H2,1H3. The van der Waals surface area contributed by atoms with Crippen LogP contribution in [-0.4, -0.2) is 25.9 Å². The van der Waals surface area contributed by atoms with Crippen LogP contribution in [0, 0.1) is 11.6 Å². The summed E-state index contributed by atoms with van der Waals surface area (Å²) in [6.45, 7) is 3.05. The third-order valence-electron chi connectivity index (χ3n) is 2.28. The van der Waals surface area contributed by atoms with Crippen molar-refractivity contribution < 1.29 is 18.3 Å². The molecule has 0 fully saturated rings. The van der Waals surface area contributed by atoms with E-state index in [1.54, 1.807) is 0 Å². The van der Waals surface area contributed by atoms with E-state index in [-0.39, 0.29) is 18.5 Å². The van der Waals surface area contributed by atoms with Gasteiger partial charge in [-0.15, -0.1) is 0 Å². The van der Waals surface area contributed by atoms with Crippen LogP contribution in [0.3, 0.4) is 0 Å². The van der Waals surface area contributed by atoms with Crippen molar-refractivity contribution in [3.05, 3.63) is 29.8 Å². The Hall–Kier alpha value is -1.20. The van der Waals surface area contributed by atoms with Crippen LogP contribution in [0.2, 0.25) is 0 Å². The predicted octanol–water partition coefficient (Wildman–Crippen LogP) is 2.10. The number of hydrogen-bond donors (Lipinski definition) is 1. The molecule has 17 heavy (non-hydrogen) atoms. The molecule has 5 heteroatoms. The summed E-state index contributed by atoms with van der Waals surface area (Å²) in [7, 11) is 0. The van der Waals surface area contributed by atoms with Crippen molar-refractivity contribution in [3.8, 4) is 5.75 Å². The van der Waals surface area contributed by atoms with Gasteiger partial charge in [-0.3, -0.25) is 0 Å². The Morgan fingerprint density at radius 2 is 2.12 bits per heavy atom. The Morgan fingerprint density at radius 1 is 1.35 bits per heavy atom. The highest BCUT2D eigenvalue weighted by atomic mass is 19.2. The van der Waals surface area contributed by atoms with Crippen molar-refractivity contribution >= 4 is 0 Å². The molecule has 96 valence electrons. The molecule has 1 rings (SSSR count). The Kier molecular flexibility index (Phi) is 5.86. The van der Waals surface area contributed by atoms with Crippen LogP contribution in [0.25, 0.3) is 0 Å². The van der Waals surface area contributed by atoms with E-state index in [0.29, 0.717) is 19.6 Å². The van der Waals surface area contributed by atoms with Crippen molar-refractivity contribution in [2.75, 3.05) is 19.8 Å². The molecule has 1 aromatic carbocycles. The van der Waals surface area contributed by atoms with Gasteiger partial charge in [0, 0.05) is 19.6 Å². The molecule has 3 nitrogen and oxygen atoms in total. The van der Waals surface area contributed by atoms with Crippen LogP contribution in [-0.2, 0) is 4.74 Å². The highest BCUT2D eigenvalue weighted by Crippen LogP contribution is 2.19. The molecule has 0 aromatic heterocycles. The quantitative estimate of drug-likeness (QED) is 0.800. The first kappa shape index (κ1) is 13.9. The molecule has 1 unspecified atom stereocenters. The summed E-state index contributed by atoms with van der Waals surface area (Å²) in [4.78, 5) is 0. The fourth-order valence-electron chi connectivity index (χ4n) is 1.40. The van der Waals surface area contributed by atoms with Gasteiger partial charge in [-0.2, -0.15) is 4.39 Å². The second-order valence-corrected chi connectivity index (χ2v) is 3.50. The summed E-state index contributed by atoms with van der Waals surface area (Å²) in [6.07, 6.45) is 0.428. The summed E-state index contributed by atoms with van der Waals surface area (Å²) in [5, 5.41) is 0. The van der Waals surface area contributed by atoms with Crippen molar-refractivity contribution in [1.82, 2.24) is 0 Å². The minimum atomic E-state index is -0.965. The van der Waals surface area contributed by atoms with Gasteiger partial charge in [0.15, 0.2) is 11.6 Å². The van der Waals surface area contributed by atoms with E-state index in [4.69, 9.17) is 15.2 Å². The topological polar surface area (TPSA) is 44.5 Å². The van der Waals surface area contributed by atoms with Gasteiger partial charge in [0.25, 0.3) is 0 Å². The van der Waals surface area contributed by atoms with Crippen LogP contribution in [0.4, 0.5) is 8.78 Å². The minimum Gasteiger partial charge on any atom is -0.490 e. The number of ether oxygens (including phenoxy) is 2. The van der Waals surface area contributed by atoms with E-state index in [9.17, 15) is 8.78 Å². The van der Waals surface area contributed by atoms with Gasteiger partial charge in [0.2, 0.25) is 5.82 Å². The average molecular weight is 245 g/mol. The molecule has 0 heterocycles. The van der Waals surface area contributed by atoms with Gasteiger partial charge in [-0.1, -0.05) is 6.07 Å². The molecule has 0 saturated carbocycles. The molecule has 0 saturated heterocycles. The van der Waals surface area contributed by atoms with Gasteiger partial charge in [0.05, 0.1) is 12.7 Å². The van der Waals surface area contributed by atoms with Crippen molar-refractivity contribution in [2.24, 2.45) is 5.73 Å². The average Bonchev–Trinajstić information content (AvgIpc) is 2.33. The molecule has 0 bridgehead atoms. The molecule has 0 aliphatic rings. The first-order valence-corrected chi connectivity index (χ1v) is 5.57. The van der Waals surface area contributed by atoms with Crippen LogP contribution >= 0.6 is 0 Å². The van der Waals surface area contributed by atoms with E-state index in [2.05, 4.69) is 0 Å². The maximum atomic E-state index is 13.2. The molecule has 0 spiro atoms. The second kappa shape index (κ2) is 7.19. The van der Waals surface area contributed by atoms with Gasteiger partial charge in [0.1, 0.15) is 0 Å². The zero-order valence-electron chi connectivity index (χ0n) is 9.79. The Morgan fingerprint density at radius 3 is 2.76 bits per heavy atom. The summed E-state index contributed by atoms with van der Waals surface area (Å²) >= 11 is 0.